The third-order valence-electron chi connectivity index (χ3n) is 8.02. The Hall–Kier alpha value is -2.88. The van der Waals surface area contributed by atoms with Gasteiger partial charge in [0, 0.05) is 5.97 Å². The van der Waals surface area contributed by atoms with E-state index in [1.165, 1.54) is 0 Å². The van der Waals surface area contributed by atoms with Gasteiger partial charge in [-0.25, -0.2) is 0 Å². The number of carboxylic acids is 1. The summed E-state index contributed by atoms with van der Waals surface area (Å²) >= 11 is -2.17. The predicted molar refractivity (Wildman–Crippen MR) is 171 cm³/mol. The quantitative estimate of drug-likeness (QED) is 0.0677. The average molecular weight is 880 g/mol. The van der Waals surface area contributed by atoms with Crippen LogP contribution >= 0.6 is 0 Å². The number of rotatable bonds is 12. The van der Waals surface area contributed by atoms with E-state index in [2.05, 4.69) is 91.0 Å². The molecule has 0 aliphatic carbocycles. The Morgan fingerprint density at radius 1 is 0.694 bits per heavy atom. The predicted octanol–water partition coefficient (Wildman–Crippen LogP) is -4.11. The minimum atomic E-state index is -2.41. The first-order chi connectivity index (χ1) is 23.5. The molecule has 0 spiro atoms. The molecular weight excluding hydrogens is 840 g/mol. The van der Waals surface area contributed by atoms with Crippen LogP contribution in [-0.2, 0) is 28.5 Å². The molecule has 264 valence electrons. The summed E-state index contributed by atoms with van der Waals surface area (Å²) < 4.78 is 25.5. The van der Waals surface area contributed by atoms with Crippen molar-refractivity contribution in [3.63, 3.8) is 0 Å². The summed E-state index contributed by atoms with van der Waals surface area (Å²) in [6.45, 7) is -2.68. The Morgan fingerprint density at radius 2 is 1.18 bits per heavy atom. The molecule has 9 atom stereocenters. The van der Waals surface area contributed by atoms with E-state index in [9.17, 15) is 50.4 Å². The molecule has 0 aromatic heterocycles. The molecule has 15 heteroatoms. The first-order valence-electron chi connectivity index (χ1n) is 15.5. The summed E-state index contributed by atoms with van der Waals surface area (Å²) in [6, 6.07) is 33.0. The first-order valence-corrected chi connectivity index (χ1v) is 21.4. The van der Waals surface area contributed by atoms with Crippen LogP contribution in [0.5, 0.6) is 0 Å². The molecule has 0 bridgehead atoms. The Bertz CT molecular complexity index is 1360. The zero-order chi connectivity index (χ0) is 35.6. The van der Waals surface area contributed by atoms with E-state index in [0.717, 1.165) is 0 Å². The number of aliphatic hydroxyl groups excluding tert-OH is 7. The van der Waals surface area contributed by atoms with E-state index in [-0.39, 0.29) is 0 Å². The minimum absolute atomic E-state index is 0.642. The van der Waals surface area contributed by atoms with Crippen molar-refractivity contribution in [2.24, 2.45) is 0 Å². The molecule has 0 unspecified atom stereocenters. The summed E-state index contributed by atoms with van der Waals surface area (Å²) in [6.07, 6.45) is -14.9. The second kappa shape index (κ2) is 18.4. The summed E-state index contributed by atoms with van der Waals surface area (Å²) in [4.78, 5) is 22.4. The molecule has 7 N–H and O–H groups in total. The summed E-state index contributed by atoms with van der Waals surface area (Å²) in [5.41, 5.74) is 0. The van der Waals surface area contributed by atoms with Crippen molar-refractivity contribution < 1.29 is 69.4 Å². The van der Waals surface area contributed by atoms with Crippen molar-refractivity contribution in [1.82, 2.24) is 0 Å². The summed E-state index contributed by atoms with van der Waals surface area (Å²) in [7, 11) is 0. The summed E-state index contributed by atoms with van der Waals surface area (Å²) in [5.74, 6) is -5.06. The van der Waals surface area contributed by atoms with E-state index in [4.69, 9.17) is 18.9 Å². The van der Waals surface area contributed by atoms with Crippen LogP contribution in [0.2, 0.25) is 0 Å². The van der Waals surface area contributed by atoms with Crippen molar-refractivity contribution in [2.75, 3.05) is 19.8 Å². The van der Waals surface area contributed by atoms with E-state index < -0.39 is 122 Å². The number of aliphatic carboxylic acids is 1. The zero-order valence-corrected chi connectivity index (χ0v) is 30.2. The van der Waals surface area contributed by atoms with Crippen LogP contribution in [0, 0.1) is 0 Å². The van der Waals surface area contributed by atoms with Gasteiger partial charge in [0.25, 0.3) is 0 Å². The van der Waals surface area contributed by atoms with Crippen molar-refractivity contribution >= 4 is 44.0 Å². The number of carbonyl (C=O) groups is 2. The van der Waals surface area contributed by atoms with Gasteiger partial charge >= 0.3 is 129 Å². The van der Waals surface area contributed by atoms with Crippen LogP contribution in [0.1, 0.15) is 12.8 Å². The molecule has 5 rings (SSSR count). The van der Waals surface area contributed by atoms with Gasteiger partial charge in [0.2, 0.25) is 5.79 Å². The molecule has 2 heterocycles. The van der Waals surface area contributed by atoms with Gasteiger partial charge in [-0.15, -0.1) is 0 Å². The maximum atomic E-state index is 11.9. The third-order valence-corrected chi connectivity index (χ3v) is 18.6. The molecule has 0 saturated carbocycles. The van der Waals surface area contributed by atoms with E-state index in [0.29, 0.717) is 0 Å². The second-order valence-corrected chi connectivity index (χ2v) is 21.0. The van der Waals surface area contributed by atoms with Gasteiger partial charge in [0.05, 0.1) is 19.6 Å². The van der Waals surface area contributed by atoms with Crippen LogP contribution in [0.3, 0.4) is 0 Å². The number of carboxylic acid groups (broad SMARTS) is 1. The molecule has 2 fully saturated rings. The molecule has 2 aliphatic heterocycles. The van der Waals surface area contributed by atoms with Crippen LogP contribution in [0.4, 0.5) is 0 Å². The maximum absolute atomic E-state index is 11.9. The van der Waals surface area contributed by atoms with E-state index in [1.54, 1.807) is 9.37 Å². The molecule has 2 aliphatic rings. The van der Waals surface area contributed by atoms with Gasteiger partial charge in [-0.1, -0.05) is 0 Å². The number of hydrogen-bond donors (Lipinski definition) is 7. The molecule has 49 heavy (non-hydrogen) atoms. The van der Waals surface area contributed by atoms with E-state index in [1.807, 2.05) is 0 Å². The number of aliphatic hydroxyl groups is 7. The standard InChI is InChI=1S/C16H26O14.3C6H5.Pb/c17-3-6-10(23)12(25)13(26)15(27-6)30-16(5-19)14(11(24)7(4-18)29-16)28-9(22)2-1-8(20)21;3*1-2-4-6-5-3-1;/h6-7,10-15,17-19,23-26H,1-5H2,(H,20,21);3*1-5H;/q;;;;+1/p-1/t6-,7-,10-,11-,12+,13-,14+,15-,16+;;;;/m1..../s1. The Labute approximate surface area is 290 Å². The van der Waals surface area contributed by atoms with Crippen LogP contribution < -0.4 is 14.5 Å². The zero-order valence-electron chi connectivity index (χ0n) is 26.3. The van der Waals surface area contributed by atoms with Crippen LogP contribution in [0.15, 0.2) is 91.0 Å². The van der Waals surface area contributed by atoms with Gasteiger partial charge in [-0.3, -0.25) is 4.79 Å². The number of esters is 1. The Morgan fingerprint density at radius 3 is 1.61 bits per heavy atom. The van der Waals surface area contributed by atoms with Gasteiger partial charge in [-0.05, 0) is 6.42 Å². The fraction of sp³-hybridized carbons (Fsp3) is 0.412. The Kier molecular flexibility index (Phi) is 14.6. The van der Waals surface area contributed by atoms with Crippen molar-refractivity contribution in [2.45, 2.75) is 67.6 Å². The monoisotopic (exact) mass is 880 g/mol. The molecule has 0 radical (unpaired) electrons. The van der Waals surface area contributed by atoms with Gasteiger partial charge in [0.1, 0.15) is 43.2 Å². The Balaban J connectivity index is 0.000000242. The van der Waals surface area contributed by atoms with E-state index >= 15 is 0 Å². The van der Waals surface area contributed by atoms with Gasteiger partial charge in [-0.2, -0.15) is 0 Å². The van der Waals surface area contributed by atoms with Gasteiger partial charge in [0.15, 0.2) is 12.4 Å². The molecule has 0 amide bonds. The van der Waals surface area contributed by atoms with Crippen molar-refractivity contribution in [3.8, 4) is 0 Å². The number of ether oxygens (including phenoxy) is 4. The fourth-order valence-corrected chi connectivity index (χ4v) is 15.5. The van der Waals surface area contributed by atoms with Gasteiger partial charge < -0.3 is 64.6 Å². The SMILES string of the molecule is O=C([O-])CCC(=O)O[C@H]1[C@H](O)[C@@H](CO)O[C@@]1(CO)O[C@H]1O[C@H](CO)[C@@H](O)[C@H](O)[C@H]1O.c1cc[c]([Pb+]([c]2ccccc2)[c]2ccccc2)cc1. The molecule has 14 nitrogen and oxygen atoms in total. The molecule has 3 aromatic rings. The normalized spacial score (nSPS) is 29.4. The molecular formula is C34H40O14Pb. The molecule has 2 saturated heterocycles. The van der Waals surface area contributed by atoms with Crippen LogP contribution in [-0.4, -0.2) is 145 Å². The average Bonchev–Trinajstić information content (AvgIpc) is 3.39. The van der Waals surface area contributed by atoms with Crippen molar-refractivity contribution in [3.05, 3.63) is 91.0 Å². The number of benzene rings is 3. The third kappa shape index (κ3) is 9.68. The topological polar surface area (TPSA) is 236 Å². The number of hydrogen-bond acceptors (Lipinski definition) is 14. The van der Waals surface area contributed by atoms with Crippen molar-refractivity contribution in [1.29, 1.82) is 0 Å². The first kappa shape index (κ1) is 38.9. The number of carbonyl (C=O) groups excluding carboxylic acids is 2. The van der Waals surface area contributed by atoms with Crippen LogP contribution in [0.25, 0.3) is 0 Å². The fourth-order valence-electron chi connectivity index (χ4n) is 5.49. The second-order valence-electron chi connectivity index (χ2n) is 11.4. The molecule has 3 aromatic carbocycles. The summed E-state index contributed by atoms with van der Waals surface area (Å²) in [5, 5.41) is 79.1.